The van der Waals surface area contributed by atoms with Crippen LogP contribution >= 0.6 is 11.8 Å². The Balaban J connectivity index is 2.27. The molecule has 1 aromatic rings. The molecule has 2 amide bonds. The molecule has 1 aromatic carbocycles. The number of nitrogens with one attached hydrogen (secondary N) is 1. The zero-order valence-corrected chi connectivity index (χ0v) is 11.3. The van der Waals surface area contributed by atoms with Crippen molar-refractivity contribution in [3.63, 3.8) is 0 Å². The molecule has 0 saturated carbocycles. The number of hydrogen-bond acceptors (Lipinski definition) is 3. The molecular weight excluding hydrogens is 248 g/mol. The minimum absolute atomic E-state index is 0.00986. The summed E-state index contributed by atoms with van der Waals surface area (Å²) in [5.41, 5.74) is 1.94. The first-order valence-corrected chi connectivity index (χ1v) is 6.91. The van der Waals surface area contributed by atoms with E-state index < -0.39 is 0 Å². The lowest BCUT2D eigenvalue weighted by Crippen LogP contribution is -2.43. The first-order valence-electron chi connectivity index (χ1n) is 5.92. The highest BCUT2D eigenvalue weighted by molar-refractivity contribution is 8.00. The van der Waals surface area contributed by atoms with Crippen LogP contribution in [-0.4, -0.2) is 30.7 Å². The number of anilines is 1. The topological polar surface area (TPSA) is 49.4 Å². The third-order valence-electron chi connectivity index (χ3n) is 2.73. The average molecular weight is 264 g/mol. The molecule has 0 aliphatic carbocycles. The lowest BCUT2D eigenvalue weighted by Gasteiger charge is -2.28. The molecule has 96 valence electrons. The van der Waals surface area contributed by atoms with Gasteiger partial charge in [-0.2, -0.15) is 0 Å². The Bertz CT molecular complexity index is 488. The van der Waals surface area contributed by atoms with E-state index in [2.05, 4.69) is 5.32 Å². The minimum atomic E-state index is -0.120. The summed E-state index contributed by atoms with van der Waals surface area (Å²) in [6, 6.07) is 5.98. The number of carbonyl (C=O) groups is 2. The summed E-state index contributed by atoms with van der Waals surface area (Å²) in [7, 11) is 0. The number of amides is 2. The molecule has 0 radical (unpaired) electrons. The fraction of sp³-hybridized carbons (Fsp3) is 0.385. The van der Waals surface area contributed by atoms with E-state index in [1.807, 2.05) is 32.0 Å². The fourth-order valence-electron chi connectivity index (χ4n) is 1.88. The van der Waals surface area contributed by atoms with Crippen molar-refractivity contribution >= 4 is 29.3 Å². The van der Waals surface area contributed by atoms with E-state index in [-0.39, 0.29) is 18.4 Å². The van der Waals surface area contributed by atoms with Crippen molar-refractivity contribution in [2.75, 3.05) is 23.7 Å². The first-order chi connectivity index (χ1) is 8.61. The average Bonchev–Trinajstić information content (AvgIpc) is 2.33. The van der Waals surface area contributed by atoms with Gasteiger partial charge >= 0.3 is 0 Å². The summed E-state index contributed by atoms with van der Waals surface area (Å²) < 4.78 is 0. The molecule has 2 rings (SSSR count). The van der Waals surface area contributed by atoms with Gasteiger partial charge in [-0.3, -0.25) is 9.59 Å². The van der Waals surface area contributed by atoms with Gasteiger partial charge in [-0.15, -0.1) is 11.8 Å². The van der Waals surface area contributed by atoms with Crippen LogP contribution in [-0.2, 0) is 9.59 Å². The molecule has 18 heavy (non-hydrogen) atoms. The van der Waals surface area contributed by atoms with E-state index in [0.29, 0.717) is 12.3 Å². The maximum Gasteiger partial charge on any atom is 0.240 e. The number of rotatable bonds is 3. The molecule has 0 unspecified atom stereocenters. The van der Waals surface area contributed by atoms with Gasteiger partial charge in [0.15, 0.2) is 0 Å². The van der Waals surface area contributed by atoms with Crippen LogP contribution in [0.1, 0.15) is 12.5 Å². The Hall–Kier alpha value is -1.49. The molecule has 0 spiro atoms. The van der Waals surface area contributed by atoms with Gasteiger partial charge < -0.3 is 10.2 Å². The summed E-state index contributed by atoms with van der Waals surface area (Å²) in [5.74, 6) is 0.268. The standard InChI is InChI=1S/C13H16N2O2S/c1-3-14-12(16)7-15-10-6-9(2)4-5-11(10)18-8-13(15)17/h4-6H,3,7-8H2,1-2H3,(H,14,16). The van der Waals surface area contributed by atoms with E-state index in [0.717, 1.165) is 16.1 Å². The quantitative estimate of drug-likeness (QED) is 0.901. The molecule has 1 heterocycles. The number of carbonyl (C=O) groups excluding carboxylic acids is 2. The molecule has 1 N–H and O–H groups in total. The number of thioether (sulfide) groups is 1. The molecule has 1 aliphatic heterocycles. The summed E-state index contributed by atoms with van der Waals surface area (Å²) in [5, 5.41) is 2.72. The predicted octanol–water partition coefficient (Wildman–Crippen LogP) is 1.57. The van der Waals surface area contributed by atoms with Gasteiger partial charge in [-0.1, -0.05) is 6.07 Å². The summed E-state index contributed by atoms with van der Waals surface area (Å²) in [6.07, 6.45) is 0. The van der Waals surface area contributed by atoms with Crippen molar-refractivity contribution in [1.82, 2.24) is 5.32 Å². The van der Waals surface area contributed by atoms with Crippen LogP contribution in [0.2, 0.25) is 0 Å². The molecule has 1 aliphatic rings. The van der Waals surface area contributed by atoms with Gasteiger partial charge in [0.2, 0.25) is 11.8 Å². The highest BCUT2D eigenvalue weighted by Crippen LogP contribution is 2.35. The van der Waals surface area contributed by atoms with E-state index >= 15 is 0 Å². The summed E-state index contributed by atoms with van der Waals surface area (Å²) in [4.78, 5) is 26.2. The second-order valence-corrected chi connectivity index (χ2v) is 5.21. The number of benzene rings is 1. The number of hydrogen-bond donors (Lipinski definition) is 1. The number of aryl methyl sites for hydroxylation is 1. The lowest BCUT2D eigenvalue weighted by atomic mass is 10.2. The number of fused-ring (bicyclic) bond motifs is 1. The Morgan fingerprint density at radius 1 is 1.50 bits per heavy atom. The molecule has 0 aromatic heterocycles. The molecular formula is C13H16N2O2S. The molecule has 0 bridgehead atoms. The van der Waals surface area contributed by atoms with Gasteiger partial charge in [0.05, 0.1) is 11.4 Å². The maximum atomic E-state index is 11.9. The van der Waals surface area contributed by atoms with Crippen molar-refractivity contribution in [1.29, 1.82) is 0 Å². The summed E-state index contributed by atoms with van der Waals surface area (Å²) in [6.45, 7) is 4.53. The zero-order valence-electron chi connectivity index (χ0n) is 10.5. The Morgan fingerprint density at radius 3 is 3.00 bits per heavy atom. The lowest BCUT2D eigenvalue weighted by molar-refractivity contribution is -0.122. The second-order valence-electron chi connectivity index (χ2n) is 4.19. The number of nitrogens with zero attached hydrogens (tertiary/aromatic N) is 1. The van der Waals surface area contributed by atoms with Gasteiger partial charge in [0.25, 0.3) is 0 Å². The van der Waals surface area contributed by atoms with E-state index in [4.69, 9.17) is 0 Å². The third kappa shape index (κ3) is 2.67. The van der Waals surface area contributed by atoms with Crippen LogP contribution in [0.15, 0.2) is 23.1 Å². The van der Waals surface area contributed by atoms with E-state index in [9.17, 15) is 9.59 Å². The molecule has 4 nitrogen and oxygen atoms in total. The van der Waals surface area contributed by atoms with Crippen molar-refractivity contribution in [3.05, 3.63) is 23.8 Å². The second kappa shape index (κ2) is 5.44. The summed E-state index contributed by atoms with van der Waals surface area (Å²) >= 11 is 1.53. The largest absolute Gasteiger partial charge is 0.355 e. The van der Waals surface area contributed by atoms with E-state index in [1.165, 1.54) is 11.8 Å². The molecule has 0 saturated heterocycles. The highest BCUT2D eigenvalue weighted by atomic mass is 32.2. The normalized spacial score (nSPS) is 14.3. The van der Waals surface area contributed by atoms with Crippen molar-refractivity contribution in [3.8, 4) is 0 Å². The maximum absolute atomic E-state index is 11.9. The van der Waals surface area contributed by atoms with Crippen LogP contribution < -0.4 is 10.2 Å². The van der Waals surface area contributed by atoms with Crippen LogP contribution in [0.5, 0.6) is 0 Å². The Labute approximate surface area is 111 Å². The van der Waals surface area contributed by atoms with Gasteiger partial charge in [-0.05, 0) is 31.5 Å². The smallest absolute Gasteiger partial charge is 0.240 e. The van der Waals surface area contributed by atoms with Crippen molar-refractivity contribution in [2.24, 2.45) is 0 Å². The van der Waals surface area contributed by atoms with Crippen molar-refractivity contribution in [2.45, 2.75) is 18.7 Å². The number of likely N-dealkylation sites (N-methyl/N-ethyl adjacent to an activating group) is 1. The van der Waals surface area contributed by atoms with E-state index in [1.54, 1.807) is 4.90 Å². The third-order valence-corrected chi connectivity index (χ3v) is 3.78. The van der Waals surface area contributed by atoms with Crippen LogP contribution in [0, 0.1) is 6.92 Å². The van der Waals surface area contributed by atoms with Crippen molar-refractivity contribution < 1.29 is 9.59 Å². The highest BCUT2D eigenvalue weighted by Gasteiger charge is 2.26. The Kier molecular flexibility index (Phi) is 3.91. The van der Waals surface area contributed by atoms with Crippen LogP contribution in [0.25, 0.3) is 0 Å². The first kappa shape index (κ1) is 13.0. The minimum Gasteiger partial charge on any atom is -0.355 e. The van der Waals surface area contributed by atoms with Crippen LogP contribution in [0.4, 0.5) is 5.69 Å². The Morgan fingerprint density at radius 2 is 2.28 bits per heavy atom. The SMILES string of the molecule is CCNC(=O)CN1C(=O)CSc2ccc(C)cc21. The fourth-order valence-corrected chi connectivity index (χ4v) is 2.80. The zero-order chi connectivity index (χ0) is 13.1. The van der Waals surface area contributed by atoms with Gasteiger partial charge in [0.1, 0.15) is 6.54 Å². The van der Waals surface area contributed by atoms with Crippen LogP contribution in [0.3, 0.4) is 0 Å². The van der Waals surface area contributed by atoms with Gasteiger partial charge in [-0.25, -0.2) is 0 Å². The van der Waals surface area contributed by atoms with Gasteiger partial charge in [0, 0.05) is 11.4 Å². The molecule has 5 heteroatoms. The predicted molar refractivity (Wildman–Crippen MR) is 72.9 cm³/mol. The monoisotopic (exact) mass is 264 g/mol. The molecule has 0 atom stereocenters. The molecule has 0 fully saturated rings.